The van der Waals surface area contributed by atoms with Crippen LogP contribution in [-0.2, 0) is 4.79 Å². The van der Waals surface area contributed by atoms with Crippen LogP contribution in [0.1, 0.15) is 44.2 Å². The first-order chi connectivity index (χ1) is 15.0. The van der Waals surface area contributed by atoms with Gasteiger partial charge < -0.3 is 15.1 Å². The van der Waals surface area contributed by atoms with Gasteiger partial charge in [0.1, 0.15) is 5.82 Å². The number of carbonyl (C=O) groups is 2. The number of urea groups is 1. The fourth-order valence-electron chi connectivity index (χ4n) is 5.11. The molecule has 1 unspecified atom stereocenters. The number of piperidine rings is 1. The molecule has 1 saturated heterocycles. The van der Waals surface area contributed by atoms with Crippen LogP contribution in [0, 0.1) is 5.82 Å². The van der Waals surface area contributed by atoms with Gasteiger partial charge in [0.15, 0.2) is 0 Å². The molecule has 1 aromatic rings. The number of nitrogens with one attached hydrogen (secondary N) is 2. The van der Waals surface area contributed by atoms with Crippen molar-refractivity contribution in [3.8, 4) is 0 Å². The molecular formula is C24H32FN4O2+. The molecule has 3 heterocycles. The second-order valence-electron chi connectivity index (χ2n) is 8.83. The first-order valence-corrected chi connectivity index (χ1v) is 11.3. The van der Waals surface area contributed by atoms with Crippen LogP contribution in [0.25, 0.3) is 0 Å². The van der Waals surface area contributed by atoms with Crippen molar-refractivity contribution in [1.29, 1.82) is 0 Å². The number of hydrogen-bond acceptors (Lipinski definition) is 2. The van der Waals surface area contributed by atoms with E-state index in [0.29, 0.717) is 42.5 Å². The molecule has 3 aliphatic heterocycles. The summed E-state index contributed by atoms with van der Waals surface area (Å²) in [6, 6.07) is 5.86. The van der Waals surface area contributed by atoms with E-state index in [-0.39, 0.29) is 17.8 Å². The smallest absolute Gasteiger partial charge is 0.322 e. The lowest BCUT2D eigenvalue weighted by atomic mass is 9.95. The maximum Gasteiger partial charge on any atom is 0.322 e. The third-order valence-corrected chi connectivity index (χ3v) is 6.80. The molecule has 3 aliphatic rings. The third kappa shape index (κ3) is 4.37. The molecule has 0 aliphatic carbocycles. The topological polar surface area (TPSA) is 57.1 Å². The highest BCUT2D eigenvalue weighted by molar-refractivity contribution is 6.01. The lowest BCUT2D eigenvalue weighted by Crippen LogP contribution is -3.16. The van der Waals surface area contributed by atoms with Crippen LogP contribution >= 0.6 is 0 Å². The van der Waals surface area contributed by atoms with Gasteiger partial charge >= 0.3 is 6.03 Å². The Bertz CT molecular complexity index is 899. The first kappa shape index (κ1) is 21.6. The largest absolute Gasteiger partial charge is 0.333 e. The number of likely N-dealkylation sites (tertiary alicyclic amines) is 1. The van der Waals surface area contributed by atoms with E-state index in [0.717, 1.165) is 13.0 Å². The van der Waals surface area contributed by atoms with E-state index < -0.39 is 6.04 Å². The molecule has 6 nitrogen and oxygen atoms in total. The summed E-state index contributed by atoms with van der Waals surface area (Å²) in [6.07, 6.45) is 6.44. The van der Waals surface area contributed by atoms with E-state index in [1.807, 2.05) is 4.90 Å². The summed E-state index contributed by atoms with van der Waals surface area (Å²) in [5.41, 5.74) is 1.84. The van der Waals surface area contributed by atoms with Gasteiger partial charge in [-0.15, -0.1) is 6.58 Å². The van der Waals surface area contributed by atoms with Crippen LogP contribution in [0.5, 0.6) is 0 Å². The molecule has 3 amide bonds. The Hall–Kier alpha value is -2.67. The summed E-state index contributed by atoms with van der Waals surface area (Å²) in [5, 5.41) is 2.89. The SMILES string of the molecule is C=CCN1C(=O)N[C@@H](c2cccc(F)c2)C2=C1CN(CCC[NH+]1CCCC[C@H]1C)C2=O. The zero-order chi connectivity index (χ0) is 22.0. The van der Waals surface area contributed by atoms with Gasteiger partial charge in [-0.2, -0.15) is 0 Å². The zero-order valence-electron chi connectivity index (χ0n) is 18.2. The van der Waals surface area contributed by atoms with E-state index in [9.17, 15) is 14.0 Å². The maximum absolute atomic E-state index is 13.9. The van der Waals surface area contributed by atoms with Gasteiger partial charge in [-0.05, 0) is 43.9 Å². The van der Waals surface area contributed by atoms with Crippen LogP contribution in [0.3, 0.4) is 0 Å². The van der Waals surface area contributed by atoms with Crippen LogP contribution < -0.4 is 10.2 Å². The van der Waals surface area contributed by atoms with Gasteiger partial charge in [0.2, 0.25) is 0 Å². The Morgan fingerprint density at radius 3 is 2.90 bits per heavy atom. The molecule has 1 aromatic carbocycles. The van der Waals surface area contributed by atoms with Crippen LogP contribution in [-0.4, -0.2) is 60.5 Å². The fraction of sp³-hybridized carbons (Fsp3) is 0.500. The van der Waals surface area contributed by atoms with E-state index in [2.05, 4.69) is 18.8 Å². The minimum absolute atomic E-state index is 0.0694. The molecule has 0 aromatic heterocycles. The lowest BCUT2D eigenvalue weighted by molar-refractivity contribution is -0.928. The molecule has 0 bridgehead atoms. The molecule has 0 saturated carbocycles. The molecule has 0 radical (unpaired) electrons. The van der Waals surface area contributed by atoms with Gasteiger partial charge in [-0.25, -0.2) is 9.18 Å². The maximum atomic E-state index is 13.9. The van der Waals surface area contributed by atoms with Crippen molar-refractivity contribution in [1.82, 2.24) is 15.1 Å². The first-order valence-electron chi connectivity index (χ1n) is 11.3. The molecular weight excluding hydrogens is 395 g/mol. The van der Waals surface area contributed by atoms with Crippen molar-refractivity contribution >= 4 is 11.9 Å². The normalized spacial score (nSPS) is 26.2. The second-order valence-corrected chi connectivity index (χ2v) is 8.83. The van der Waals surface area contributed by atoms with Gasteiger partial charge in [0.05, 0.1) is 43.0 Å². The molecule has 7 heteroatoms. The van der Waals surface area contributed by atoms with E-state index in [1.165, 1.54) is 37.9 Å². The summed E-state index contributed by atoms with van der Waals surface area (Å²) in [4.78, 5) is 31.2. The van der Waals surface area contributed by atoms with Crippen LogP contribution in [0.2, 0.25) is 0 Å². The summed E-state index contributed by atoms with van der Waals surface area (Å²) in [5.74, 6) is -0.455. The average Bonchev–Trinajstić information content (AvgIpc) is 3.07. The average molecular weight is 428 g/mol. The van der Waals surface area contributed by atoms with Crippen molar-refractivity contribution < 1.29 is 18.9 Å². The number of benzene rings is 1. The van der Waals surface area contributed by atoms with Crippen LogP contribution in [0.15, 0.2) is 48.2 Å². The summed E-state index contributed by atoms with van der Waals surface area (Å²) >= 11 is 0. The Kier molecular flexibility index (Phi) is 6.41. The number of quaternary nitrogens is 1. The summed E-state index contributed by atoms with van der Waals surface area (Å²) in [7, 11) is 0. The zero-order valence-corrected chi connectivity index (χ0v) is 18.2. The standard InChI is InChI=1S/C24H31FN4O2/c1-3-11-29-20-16-28(14-7-13-27-12-5-4-8-17(27)2)23(30)21(20)22(26-24(29)31)18-9-6-10-19(25)15-18/h3,6,9-10,15,17,22H,1,4-5,7-8,11-14,16H2,2H3,(H,26,31)/p+1/t17-,22+/m1/s1. The van der Waals surface area contributed by atoms with Gasteiger partial charge in [-0.3, -0.25) is 9.69 Å². The highest BCUT2D eigenvalue weighted by Gasteiger charge is 2.43. The van der Waals surface area contributed by atoms with Crippen molar-refractivity contribution in [2.45, 2.75) is 44.7 Å². The Morgan fingerprint density at radius 2 is 2.16 bits per heavy atom. The quantitative estimate of drug-likeness (QED) is 0.655. The summed E-state index contributed by atoms with van der Waals surface area (Å²) < 4.78 is 13.9. The van der Waals surface area contributed by atoms with E-state index >= 15 is 0 Å². The van der Waals surface area contributed by atoms with Crippen molar-refractivity contribution in [2.75, 3.05) is 32.7 Å². The number of hydrogen-bond donors (Lipinski definition) is 2. The Balaban J connectivity index is 1.52. The van der Waals surface area contributed by atoms with Crippen molar-refractivity contribution in [3.63, 3.8) is 0 Å². The van der Waals surface area contributed by atoms with Crippen molar-refractivity contribution in [2.24, 2.45) is 0 Å². The van der Waals surface area contributed by atoms with E-state index in [4.69, 9.17) is 0 Å². The summed E-state index contributed by atoms with van der Waals surface area (Å²) in [6.45, 7) is 9.71. The third-order valence-electron chi connectivity index (χ3n) is 6.80. The molecule has 0 spiro atoms. The number of rotatable bonds is 7. The van der Waals surface area contributed by atoms with Gasteiger partial charge in [-0.1, -0.05) is 18.2 Å². The number of halogens is 1. The molecule has 1 fully saturated rings. The molecule has 2 N–H and O–H groups in total. The molecule has 3 atom stereocenters. The predicted molar refractivity (Wildman–Crippen MR) is 117 cm³/mol. The lowest BCUT2D eigenvalue weighted by Gasteiger charge is -2.33. The molecule has 31 heavy (non-hydrogen) atoms. The molecule has 166 valence electrons. The number of amides is 3. The Labute approximate surface area is 183 Å². The monoisotopic (exact) mass is 427 g/mol. The van der Waals surface area contributed by atoms with Gasteiger partial charge in [0.25, 0.3) is 5.91 Å². The van der Waals surface area contributed by atoms with Crippen molar-refractivity contribution in [3.05, 3.63) is 59.6 Å². The predicted octanol–water partition coefficient (Wildman–Crippen LogP) is 2.02. The molecule has 4 rings (SSSR count). The highest BCUT2D eigenvalue weighted by Crippen LogP contribution is 2.36. The minimum Gasteiger partial charge on any atom is -0.333 e. The van der Waals surface area contributed by atoms with E-state index in [1.54, 1.807) is 28.0 Å². The number of carbonyl (C=O) groups excluding carboxylic acids is 2. The Morgan fingerprint density at radius 1 is 1.32 bits per heavy atom. The van der Waals surface area contributed by atoms with Crippen LogP contribution in [0.4, 0.5) is 9.18 Å². The minimum atomic E-state index is -0.635. The van der Waals surface area contributed by atoms with Gasteiger partial charge in [0, 0.05) is 19.5 Å². The fourth-order valence-corrected chi connectivity index (χ4v) is 5.11. The highest BCUT2D eigenvalue weighted by atomic mass is 19.1. The number of nitrogens with zero attached hydrogens (tertiary/aromatic N) is 2. The second kappa shape index (κ2) is 9.22.